The molecule has 2 aromatic heterocycles. The number of nitrogens with zero attached hydrogens (tertiary/aromatic N) is 2. The third-order valence-corrected chi connectivity index (χ3v) is 3.68. The molecule has 0 aliphatic rings. The minimum atomic E-state index is 0.663. The van der Waals surface area contributed by atoms with Crippen molar-refractivity contribution in [3.63, 3.8) is 0 Å². The number of H-pyrrole nitrogens is 1. The number of hydrogen-bond donors (Lipinski definition) is 1. The van der Waals surface area contributed by atoms with Gasteiger partial charge in [-0.05, 0) is 42.9 Å². The van der Waals surface area contributed by atoms with Crippen molar-refractivity contribution in [1.82, 2.24) is 14.5 Å². The molecular formula is C14H12ClN3S. The molecule has 0 spiro atoms. The summed E-state index contributed by atoms with van der Waals surface area (Å²) in [5.41, 5.74) is 4.00. The highest BCUT2D eigenvalue weighted by atomic mass is 35.5. The fraction of sp³-hybridized carbons (Fsp3) is 0.143. The smallest absolute Gasteiger partial charge is 0.178 e. The molecule has 0 amide bonds. The van der Waals surface area contributed by atoms with E-state index in [0.29, 0.717) is 16.3 Å². The second-order valence-electron chi connectivity index (χ2n) is 4.46. The van der Waals surface area contributed by atoms with E-state index in [0.717, 1.165) is 22.3 Å². The average molecular weight is 290 g/mol. The van der Waals surface area contributed by atoms with Gasteiger partial charge >= 0.3 is 0 Å². The zero-order valence-electron chi connectivity index (χ0n) is 10.4. The molecule has 1 aromatic carbocycles. The van der Waals surface area contributed by atoms with Gasteiger partial charge < -0.3 is 9.55 Å². The number of aryl methyl sites for hydroxylation is 1. The molecule has 19 heavy (non-hydrogen) atoms. The van der Waals surface area contributed by atoms with Crippen LogP contribution in [-0.2, 0) is 6.54 Å². The highest BCUT2D eigenvalue weighted by Gasteiger charge is 2.08. The summed E-state index contributed by atoms with van der Waals surface area (Å²) in [6.07, 6.45) is 1.87. The lowest BCUT2D eigenvalue weighted by atomic mass is 10.2. The number of aromatic amines is 1. The first-order valence-electron chi connectivity index (χ1n) is 5.94. The van der Waals surface area contributed by atoms with E-state index in [1.54, 1.807) is 0 Å². The number of halogens is 1. The van der Waals surface area contributed by atoms with Gasteiger partial charge in [-0.15, -0.1) is 0 Å². The molecule has 3 aromatic rings. The number of imidazole rings is 1. The van der Waals surface area contributed by atoms with Crippen LogP contribution >= 0.6 is 23.8 Å². The number of benzene rings is 1. The number of para-hydroxylation sites is 1. The van der Waals surface area contributed by atoms with Crippen LogP contribution in [-0.4, -0.2) is 14.5 Å². The normalized spacial score (nSPS) is 11.1. The van der Waals surface area contributed by atoms with E-state index in [2.05, 4.69) is 16.0 Å². The minimum Gasteiger partial charge on any atom is -0.331 e. The van der Waals surface area contributed by atoms with Crippen molar-refractivity contribution in [2.75, 3.05) is 0 Å². The van der Waals surface area contributed by atoms with E-state index < -0.39 is 0 Å². The topological polar surface area (TPSA) is 33.6 Å². The monoisotopic (exact) mass is 289 g/mol. The zero-order chi connectivity index (χ0) is 13.4. The summed E-state index contributed by atoms with van der Waals surface area (Å²) < 4.78 is 2.67. The minimum absolute atomic E-state index is 0.663. The first-order valence-corrected chi connectivity index (χ1v) is 6.72. The predicted molar refractivity (Wildman–Crippen MR) is 80.2 cm³/mol. The Morgan fingerprint density at radius 2 is 2.16 bits per heavy atom. The standard InChI is InChI=1S/C14H12ClN3S/c1-9-5-6-10(7-16-9)8-18-13-11(15)3-2-4-12(13)17-14(18)19/h2-7H,8H2,1H3,(H,17,19). The Labute approximate surface area is 120 Å². The molecule has 5 heteroatoms. The molecule has 0 aliphatic heterocycles. The fourth-order valence-corrected chi connectivity index (χ4v) is 2.64. The number of aromatic nitrogens is 3. The SMILES string of the molecule is Cc1ccc(Cn2c(=S)[nH]c3cccc(Cl)c32)cn1. The van der Waals surface area contributed by atoms with Gasteiger partial charge in [0, 0.05) is 11.9 Å². The lowest BCUT2D eigenvalue weighted by Crippen LogP contribution is -2.00. The number of rotatable bonds is 2. The van der Waals surface area contributed by atoms with Crippen LogP contribution in [0.15, 0.2) is 36.5 Å². The molecule has 0 unspecified atom stereocenters. The fourth-order valence-electron chi connectivity index (χ4n) is 2.10. The van der Waals surface area contributed by atoms with Gasteiger partial charge in [0.25, 0.3) is 0 Å². The summed E-state index contributed by atoms with van der Waals surface area (Å²) in [7, 11) is 0. The predicted octanol–water partition coefficient (Wildman–Crippen LogP) is 4.10. The van der Waals surface area contributed by atoms with E-state index >= 15 is 0 Å². The first kappa shape index (κ1) is 12.4. The van der Waals surface area contributed by atoms with Crippen molar-refractivity contribution in [2.45, 2.75) is 13.5 Å². The molecule has 3 rings (SSSR count). The summed E-state index contributed by atoms with van der Waals surface area (Å²) in [4.78, 5) is 7.47. The van der Waals surface area contributed by atoms with Crippen LogP contribution in [0.4, 0.5) is 0 Å². The maximum Gasteiger partial charge on any atom is 0.178 e. The zero-order valence-corrected chi connectivity index (χ0v) is 11.9. The van der Waals surface area contributed by atoms with E-state index in [1.165, 1.54) is 0 Å². The quantitative estimate of drug-likeness (QED) is 0.721. The van der Waals surface area contributed by atoms with Crippen LogP contribution in [0.5, 0.6) is 0 Å². The Kier molecular flexibility index (Phi) is 3.12. The average Bonchev–Trinajstić information content (AvgIpc) is 2.70. The van der Waals surface area contributed by atoms with E-state index in [-0.39, 0.29) is 0 Å². The van der Waals surface area contributed by atoms with E-state index in [1.807, 2.05) is 42.0 Å². The molecule has 0 aliphatic carbocycles. The van der Waals surface area contributed by atoms with E-state index in [9.17, 15) is 0 Å². The Bertz CT molecular complexity index is 787. The Balaban J connectivity index is 2.12. The van der Waals surface area contributed by atoms with Gasteiger partial charge in [0.15, 0.2) is 4.77 Å². The van der Waals surface area contributed by atoms with Gasteiger partial charge in [-0.1, -0.05) is 23.7 Å². The van der Waals surface area contributed by atoms with Gasteiger partial charge in [0.2, 0.25) is 0 Å². The van der Waals surface area contributed by atoms with Crippen molar-refractivity contribution in [2.24, 2.45) is 0 Å². The maximum atomic E-state index is 6.26. The molecule has 0 saturated carbocycles. The molecule has 96 valence electrons. The number of nitrogens with one attached hydrogen (secondary N) is 1. The molecule has 0 saturated heterocycles. The molecule has 1 N–H and O–H groups in total. The third kappa shape index (κ3) is 2.29. The Hall–Kier alpha value is -1.65. The van der Waals surface area contributed by atoms with Crippen LogP contribution in [0.3, 0.4) is 0 Å². The molecular weight excluding hydrogens is 278 g/mol. The summed E-state index contributed by atoms with van der Waals surface area (Å²) in [5, 5.41) is 0.699. The largest absolute Gasteiger partial charge is 0.331 e. The number of hydrogen-bond acceptors (Lipinski definition) is 2. The lowest BCUT2D eigenvalue weighted by molar-refractivity contribution is 0.805. The van der Waals surface area contributed by atoms with Crippen LogP contribution in [0.1, 0.15) is 11.3 Å². The van der Waals surface area contributed by atoms with E-state index in [4.69, 9.17) is 23.8 Å². The van der Waals surface area contributed by atoms with Gasteiger partial charge in [0.1, 0.15) is 0 Å². The molecule has 0 fully saturated rings. The van der Waals surface area contributed by atoms with Crippen LogP contribution < -0.4 is 0 Å². The highest BCUT2D eigenvalue weighted by Crippen LogP contribution is 2.24. The molecule has 0 radical (unpaired) electrons. The van der Waals surface area contributed by atoms with Gasteiger partial charge in [-0.2, -0.15) is 0 Å². The highest BCUT2D eigenvalue weighted by molar-refractivity contribution is 7.71. The summed E-state index contributed by atoms with van der Waals surface area (Å²) in [6.45, 7) is 2.63. The lowest BCUT2D eigenvalue weighted by Gasteiger charge is -2.06. The van der Waals surface area contributed by atoms with Crippen molar-refractivity contribution in [3.8, 4) is 0 Å². The van der Waals surface area contributed by atoms with Crippen LogP contribution in [0.25, 0.3) is 11.0 Å². The van der Waals surface area contributed by atoms with Gasteiger partial charge in [-0.25, -0.2) is 0 Å². The molecule has 0 bridgehead atoms. The Morgan fingerprint density at radius 1 is 1.32 bits per heavy atom. The van der Waals surface area contributed by atoms with Gasteiger partial charge in [0.05, 0.1) is 22.6 Å². The van der Waals surface area contributed by atoms with Crippen molar-refractivity contribution in [1.29, 1.82) is 0 Å². The second kappa shape index (κ2) is 4.79. The molecule has 3 nitrogen and oxygen atoms in total. The van der Waals surface area contributed by atoms with Crippen molar-refractivity contribution >= 4 is 34.9 Å². The maximum absolute atomic E-state index is 6.26. The van der Waals surface area contributed by atoms with Crippen LogP contribution in [0.2, 0.25) is 5.02 Å². The summed E-state index contributed by atoms with van der Waals surface area (Å²) in [6, 6.07) is 9.81. The first-order chi connectivity index (χ1) is 9.15. The summed E-state index contributed by atoms with van der Waals surface area (Å²) in [5.74, 6) is 0. The van der Waals surface area contributed by atoms with Crippen LogP contribution in [0, 0.1) is 11.7 Å². The number of fused-ring (bicyclic) bond motifs is 1. The Morgan fingerprint density at radius 3 is 2.89 bits per heavy atom. The second-order valence-corrected chi connectivity index (χ2v) is 5.25. The number of pyridine rings is 1. The molecule has 2 heterocycles. The third-order valence-electron chi connectivity index (χ3n) is 3.06. The summed E-state index contributed by atoms with van der Waals surface area (Å²) >= 11 is 11.6. The molecule has 0 atom stereocenters. The van der Waals surface area contributed by atoms with Crippen molar-refractivity contribution in [3.05, 3.63) is 57.6 Å². The van der Waals surface area contributed by atoms with Gasteiger partial charge in [-0.3, -0.25) is 4.98 Å². The van der Waals surface area contributed by atoms with Crippen molar-refractivity contribution < 1.29 is 0 Å².